The number of aliphatic hydroxyl groups is 1. The Kier molecular flexibility index (Phi) is 10.0. The number of hydrogen-bond donors (Lipinski definition) is 1. The van der Waals surface area contributed by atoms with Gasteiger partial charge in [-0.05, 0) is 53.6 Å². The van der Waals surface area contributed by atoms with Crippen LogP contribution in [0.2, 0.25) is 0 Å². The smallest absolute Gasteiger partial charge is 0.342 e. The Balaban J connectivity index is 0.000000371. The number of esters is 1. The van der Waals surface area contributed by atoms with Crippen molar-refractivity contribution in [3.63, 3.8) is 0 Å². The van der Waals surface area contributed by atoms with Gasteiger partial charge in [0.15, 0.2) is 17.8 Å². The van der Waals surface area contributed by atoms with Gasteiger partial charge in [-0.2, -0.15) is 8.75 Å². The van der Waals surface area contributed by atoms with Crippen LogP contribution in [0.4, 0.5) is 0 Å². The minimum Gasteiger partial charge on any atom is -0.496 e. The number of para-hydroxylation sites is 2. The highest BCUT2D eigenvalue weighted by atomic mass is 32.1. The first-order chi connectivity index (χ1) is 22.8. The average molecular weight is 657 g/mol. The van der Waals surface area contributed by atoms with Gasteiger partial charge in [0.1, 0.15) is 22.5 Å². The summed E-state index contributed by atoms with van der Waals surface area (Å²) in [5.74, 6) is -0.613. The van der Waals surface area contributed by atoms with Crippen LogP contribution in [0, 0.1) is 0 Å². The number of nitrogens with zero attached hydrogens (tertiary/aromatic N) is 2. The molecular formula is C35H32N2O9S. The molecule has 0 saturated carbocycles. The standard InChI is InChI=1S/C27H24N2O7S.C8H8O2/c1-32-21-8-6-5-7-15(21)11-18-24(16-9-10-19-20(12-16)29-37-28-19)26(30)36-27(18,31)17-13-22(33-2)25(35-4)23(14-17)34-3;1-10-8-5-3-2-4-7(8)6-9/h5-10,12-14,31H,11H2,1-4H3;2-6H,1H3. The average Bonchev–Trinajstić information content (AvgIpc) is 3.68. The SMILES string of the molecule is COc1ccccc1C=O.COc1ccccc1CC1=C(c2ccc3nsnc3c2)C(=O)OC1(O)c1cc(OC)c(OC)c(OC)c1. The summed E-state index contributed by atoms with van der Waals surface area (Å²) in [6.07, 6.45) is 0.935. The zero-order valence-corrected chi connectivity index (χ0v) is 27.1. The molecule has 1 atom stereocenters. The van der Waals surface area contributed by atoms with Crippen molar-refractivity contribution >= 4 is 40.6 Å². The first-order valence-corrected chi connectivity index (χ1v) is 15.0. The lowest BCUT2D eigenvalue weighted by Gasteiger charge is -2.27. The minimum absolute atomic E-state index is 0.158. The van der Waals surface area contributed by atoms with Crippen molar-refractivity contribution in [3.05, 3.63) is 107 Å². The number of fused-ring (bicyclic) bond motifs is 1. The number of aldehydes is 1. The van der Waals surface area contributed by atoms with Crippen molar-refractivity contribution in [2.24, 2.45) is 0 Å². The predicted molar refractivity (Wildman–Crippen MR) is 176 cm³/mol. The molecule has 5 aromatic rings. The molecule has 242 valence electrons. The van der Waals surface area contributed by atoms with E-state index in [1.165, 1.54) is 21.3 Å². The van der Waals surface area contributed by atoms with Crippen LogP contribution in [0.25, 0.3) is 16.6 Å². The van der Waals surface area contributed by atoms with Gasteiger partial charge in [-0.25, -0.2) is 4.79 Å². The normalized spacial score (nSPS) is 15.4. The van der Waals surface area contributed by atoms with E-state index >= 15 is 0 Å². The fraction of sp³-hybridized carbons (Fsp3) is 0.200. The Morgan fingerprint density at radius 3 is 2.00 bits per heavy atom. The van der Waals surface area contributed by atoms with Crippen molar-refractivity contribution in [2.75, 3.05) is 35.5 Å². The van der Waals surface area contributed by atoms with E-state index in [1.807, 2.05) is 30.3 Å². The topological polar surface area (TPSA) is 136 Å². The molecule has 11 nitrogen and oxygen atoms in total. The van der Waals surface area contributed by atoms with Gasteiger partial charge >= 0.3 is 5.97 Å². The van der Waals surface area contributed by atoms with Gasteiger partial charge < -0.3 is 33.5 Å². The van der Waals surface area contributed by atoms with Crippen LogP contribution >= 0.6 is 11.7 Å². The summed E-state index contributed by atoms with van der Waals surface area (Å²) < 4.78 is 41.1. The molecule has 6 rings (SSSR count). The molecule has 0 radical (unpaired) electrons. The first-order valence-electron chi connectivity index (χ1n) is 14.2. The summed E-state index contributed by atoms with van der Waals surface area (Å²) in [5, 5.41) is 12.1. The van der Waals surface area contributed by atoms with Gasteiger partial charge in [0, 0.05) is 17.6 Å². The summed E-state index contributed by atoms with van der Waals surface area (Å²) in [6, 6.07) is 22.9. The summed E-state index contributed by atoms with van der Waals surface area (Å²) in [5.41, 5.74) is 4.07. The van der Waals surface area contributed by atoms with Crippen LogP contribution in [-0.2, 0) is 21.7 Å². The molecule has 1 aliphatic rings. The van der Waals surface area contributed by atoms with E-state index in [4.69, 9.17) is 28.4 Å². The molecule has 0 aliphatic carbocycles. The van der Waals surface area contributed by atoms with E-state index in [0.29, 0.717) is 56.5 Å². The number of hydrogen-bond acceptors (Lipinski definition) is 12. The first kappa shape index (κ1) is 32.9. The molecular weight excluding hydrogens is 624 g/mol. The molecule has 2 heterocycles. The third-order valence-electron chi connectivity index (χ3n) is 7.58. The zero-order valence-electron chi connectivity index (χ0n) is 26.3. The Hall–Kier alpha value is -5.46. The Morgan fingerprint density at radius 1 is 0.766 bits per heavy atom. The molecule has 0 bridgehead atoms. The second-order valence-corrected chi connectivity index (χ2v) is 10.6. The molecule has 0 fully saturated rings. The molecule has 1 unspecified atom stereocenters. The maximum absolute atomic E-state index is 13.4. The van der Waals surface area contributed by atoms with Crippen LogP contribution in [0.3, 0.4) is 0 Å². The van der Waals surface area contributed by atoms with Crippen LogP contribution in [0.5, 0.6) is 28.7 Å². The van der Waals surface area contributed by atoms with Gasteiger partial charge in [0.05, 0.1) is 58.4 Å². The summed E-state index contributed by atoms with van der Waals surface area (Å²) in [6.45, 7) is 0. The van der Waals surface area contributed by atoms with Crippen molar-refractivity contribution < 1.29 is 43.1 Å². The maximum atomic E-state index is 13.4. The third kappa shape index (κ3) is 6.46. The second kappa shape index (κ2) is 14.3. The number of rotatable bonds is 10. The number of ether oxygens (including phenoxy) is 6. The van der Waals surface area contributed by atoms with Gasteiger partial charge in [0.2, 0.25) is 5.75 Å². The second-order valence-electron chi connectivity index (χ2n) is 10.1. The highest BCUT2D eigenvalue weighted by Crippen LogP contribution is 2.49. The summed E-state index contributed by atoms with van der Waals surface area (Å²) in [4.78, 5) is 23.7. The van der Waals surface area contributed by atoms with Crippen molar-refractivity contribution in [3.8, 4) is 28.7 Å². The number of benzene rings is 4. The number of carbonyl (C=O) groups is 2. The Morgan fingerprint density at radius 2 is 1.38 bits per heavy atom. The van der Waals surface area contributed by atoms with Gasteiger partial charge in [0.25, 0.3) is 5.79 Å². The lowest BCUT2D eigenvalue weighted by Crippen LogP contribution is -2.30. The zero-order chi connectivity index (χ0) is 33.6. The maximum Gasteiger partial charge on any atom is 0.342 e. The molecule has 0 amide bonds. The van der Waals surface area contributed by atoms with Crippen LogP contribution in [0.1, 0.15) is 27.0 Å². The van der Waals surface area contributed by atoms with E-state index in [9.17, 15) is 14.7 Å². The third-order valence-corrected chi connectivity index (χ3v) is 8.14. The molecule has 1 aliphatic heterocycles. The molecule has 4 aromatic carbocycles. The molecule has 47 heavy (non-hydrogen) atoms. The molecule has 0 spiro atoms. The fourth-order valence-corrected chi connectivity index (χ4v) is 5.81. The Labute approximate surface area is 275 Å². The molecule has 1 aromatic heterocycles. The predicted octanol–water partition coefficient (Wildman–Crippen LogP) is 5.63. The van der Waals surface area contributed by atoms with E-state index < -0.39 is 11.8 Å². The van der Waals surface area contributed by atoms with Crippen LogP contribution < -0.4 is 23.7 Å². The van der Waals surface area contributed by atoms with Crippen molar-refractivity contribution in [1.82, 2.24) is 8.75 Å². The van der Waals surface area contributed by atoms with E-state index in [1.54, 1.807) is 62.8 Å². The number of aromatic nitrogens is 2. The summed E-state index contributed by atoms with van der Waals surface area (Å²) in [7, 11) is 7.54. The lowest BCUT2D eigenvalue weighted by molar-refractivity contribution is -0.185. The van der Waals surface area contributed by atoms with Gasteiger partial charge in [-0.15, -0.1) is 0 Å². The van der Waals surface area contributed by atoms with E-state index in [0.717, 1.165) is 23.6 Å². The largest absolute Gasteiger partial charge is 0.496 e. The summed E-state index contributed by atoms with van der Waals surface area (Å²) >= 11 is 1.08. The highest BCUT2D eigenvalue weighted by Gasteiger charge is 2.49. The number of carbonyl (C=O) groups excluding carboxylic acids is 2. The van der Waals surface area contributed by atoms with E-state index in [2.05, 4.69) is 8.75 Å². The van der Waals surface area contributed by atoms with Gasteiger partial charge in [-0.1, -0.05) is 36.4 Å². The monoisotopic (exact) mass is 656 g/mol. The van der Waals surface area contributed by atoms with Crippen LogP contribution in [-0.4, -0.2) is 61.7 Å². The minimum atomic E-state index is -2.13. The van der Waals surface area contributed by atoms with Gasteiger partial charge in [-0.3, -0.25) is 4.79 Å². The van der Waals surface area contributed by atoms with E-state index in [-0.39, 0.29) is 17.6 Å². The van der Waals surface area contributed by atoms with Crippen LogP contribution in [0.15, 0.2) is 84.4 Å². The molecule has 0 saturated heterocycles. The highest BCUT2D eigenvalue weighted by molar-refractivity contribution is 7.00. The van der Waals surface area contributed by atoms with Crippen molar-refractivity contribution in [2.45, 2.75) is 12.2 Å². The number of methoxy groups -OCH3 is 5. The lowest BCUT2D eigenvalue weighted by atomic mass is 9.87. The fourth-order valence-electron chi connectivity index (χ4n) is 5.29. The number of cyclic esters (lactones) is 1. The molecule has 1 N–H and O–H groups in total. The molecule has 12 heteroatoms. The quantitative estimate of drug-likeness (QED) is 0.148. The van der Waals surface area contributed by atoms with Crippen molar-refractivity contribution in [1.29, 1.82) is 0 Å². The Bertz CT molecular complexity index is 1930.